The minimum absolute atomic E-state index is 0.0319. The van der Waals surface area contributed by atoms with Crippen LogP contribution in [0.25, 0.3) is 0 Å². The number of hydrogen-bond donors (Lipinski definition) is 2. The summed E-state index contributed by atoms with van der Waals surface area (Å²) >= 11 is 0. The lowest BCUT2D eigenvalue weighted by Gasteiger charge is -2.29. The first-order valence-corrected chi connectivity index (χ1v) is 10.8. The number of carbonyl (C=O) groups excluding carboxylic acids is 1. The molecule has 1 heterocycles. The number of carbonyl (C=O) groups is 1. The maximum atomic E-state index is 12.5. The third-order valence-electron chi connectivity index (χ3n) is 5.53. The summed E-state index contributed by atoms with van der Waals surface area (Å²) in [5, 5.41) is 6.55. The number of aromatic nitrogens is 2. The van der Waals surface area contributed by atoms with E-state index in [-0.39, 0.29) is 5.91 Å². The molecule has 7 nitrogen and oxygen atoms in total. The molecule has 2 N–H and O–H groups in total. The molecule has 30 heavy (non-hydrogen) atoms. The van der Waals surface area contributed by atoms with Crippen LogP contribution in [0.3, 0.4) is 0 Å². The van der Waals surface area contributed by atoms with Gasteiger partial charge in [0.1, 0.15) is 11.6 Å². The molecule has 0 aliphatic heterocycles. The first-order chi connectivity index (χ1) is 14.5. The molecule has 1 aliphatic carbocycles. The maximum Gasteiger partial charge on any atom is 0.261 e. The molecule has 0 saturated heterocycles. The van der Waals surface area contributed by atoms with Crippen molar-refractivity contribution in [3.8, 4) is 5.75 Å². The van der Waals surface area contributed by atoms with E-state index in [9.17, 15) is 4.79 Å². The molecule has 1 fully saturated rings. The van der Waals surface area contributed by atoms with Crippen molar-refractivity contribution in [2.24, 2.45) is 5.92 Å². The van der Waals surface area contributed by atoms with Crippen LogP contribution in [0.4, 0.5) is 11.8 Å². The summed E-state index contributed by atoms with van der Waals surface area (Å²) in [6.45, 7) is 2.67. The predicted molar refractivity (Wildman–Crippen MR) is 120 cm³/mol. The van der Waals surface area contributed by atoms with E-state index in [1.807, 2.05) is 62.3 Å². The van der Waals surface area contributed by atoms with Gasteiger partial charge in [-0.15, -0.1) is 0 Å². The molecule has 0 radical (unpaired) electrons. The van der Waals surface area contributed by atoms with E-state index in [1.54, 1.807) is 6.20 Å². The number of ether oxygens (including phenoxy) is 1. The number of anilines is 2. The molecule has 2 aromatic rings. The molecule has 1 unspecified atom stereocenters. The van der Waals surface area contributed by atoms with Crippen LogP contribution in [0, 0.1) is 5.92 Å². The number of hydrogen-bond acceptors (Lipinski definition) is 6. The zero-order chi connectivity index (χ0) is 21.3. The fourth-order valence-electron chi connectivity index (χ4n) is 3.71. The van der Waals surface area contributed by atoms with Crippen LogP contribution in [-0.2, 0) is 4.79 Å². The van der Waals surface area contributed by atoms with Crippen LogP contribution in [0.15, 0.2) is 42.6 Å². The van der Waals surface area contributed by atoms with Gasteiger partial charge < -0.3 is 20.3 Å². The molecule has 3 rings (SSSR count). The Kier molecular flexibility index (Phi) is 7.88. The Balaban J connectivity index is 1.41. The van der Waals surface area contributed by atoms with Gasteiger partial charge in [0.25, 0.3) is 5.91 Å². The second-order valence-corrected chi connectivity index (χ2v) is 8.07. The Morgan fingerprint density at radius 3 is 2.57 bits per heavy atom. The van der Waals surface area contributed by atoms with E-state index in [2.05, 4.69) is 20.6 Å². The Morgan fingerprint density at radius 2 is 1.90 bits per heavy atom. The van der Waals surface area contributed by atoms with Crippen molar-refractivity contribution >= 4 is 17.7 Å². The second-order valence-electron chi connectivity index (χ2n) is 8.07. The van der Waals surface area contributed by atoms with Crippen molar-refractivity contribution in [2.45, 2.75) is 51.2 Å². The van der Waals surface area contributed by atoms with Gasteiger partial charge in [-0.05, 0) is 56.2 Å². The molecule has 1 saturated carbocycles. The summed E-state index contributed by atoms with van der Waals surface area (Å²) in [6.07, 6.45) is 6.22. The highest BCUT2D eigenvalue weighted by molar-refractivity contribution is 5.81. The van der Waals surface area contributed by atoms with Gasteiger partial charge in [-0.2, -0.15) is 4.98 Å². The first kappa shape index (κ1) is 21.9. The molecule has 0 spiro atoms. The van der Waals surface area contributed by atoms with Crippen LogP contribution in [0.1, 0.15) is 39.0 Å². The smallest absolute Gasteiger partial charge is 0.261 e. The van der Waals surface area contributed by atoms with Crippen molar-refractivity contribution < 1.29 is 9.53 Å². The van der Waals surface area contributed by atoms with Crippen LogP contribution in [0.5, 0.6) is 5.75 Å². The van der Waals surface area contributed by atoms with Gasteiger partial charge in [0.15, 0.2) is 6.10 Å². The lowest BCUT2D eigenvalue weighted by molar-refractivity contribution is -0.128. The molecule has 162 valence electrons. The SMILES string of the molecule is CCC(Oc1ccccc1)C(=O)NCC1CCC(Nc2nccc(N(C)C)n2)CC1. The maximum absolute atomic E-state index is 12.5. The number of amides is 1. The molecule has 1 amide bonds. The summed E-state index contributed by atoms with van der Waals surface area (Å²) in [7, 11) is 3.94. The second kappa shape index (κ2) is 10.8. The topological polar surface area (TPSA) is 79.4 Å². The highest BCUT2D eigenvalue weighted by Gasteiger charge is 2.24. The molecule has 1 atom stereocenters. The third kappa shape index (κ3) is 6.34. The summed E-state index contributed by atoms with van der Waals surface area (Å²) < 4.78 is 5.84. The monoisotopic (exact) mass is 411 g/mol. The van der Waals surface area contributed by atoms with Gasteiger partial charge in [-0.25, -0.2) is 4.98 Å². The third-order valence-corrected chi connectivity index (χ3v) is 5.53. The Morgan fingerprint density at radius 1 is 1.17 bits per heavy atom. The first-order valence-electron chi connectivity index (χ1n) is 10.8. The number of nitrogens with one attached hydrogen (secondary N) is 2. The van der Waals surface area contributed by atoms with Crippen molar-refractivity contribution in [1.29, 1.82) is 0 Å². The fourth-order valence-corrected chi connectivity index (χ4v) is 3.71. The van der Waals surface area contributed by atoms with Gasteiger partial charge in [0.2, 0.25) is 5.95 Å². The largest absolute Gasteiger partial charge is 0.481 e. The van der Waals surface area contributed by atoms with Crippen molar-refractivity contribution in [3.05, 3.63) is 42.6 Å². The van der Waals surface area contributed by atoms with Gasteiger partial charge in [-0.3, -0.25) is 4.79 Å². The van der Waals surface area contributed by atoms with E-state index in [0.29, 0.717) is 30.9 Å². The zero-order valence-corrected chi connectivity index (χ0v) is 18.2. The standard InChI is InChI=1S/C23H33N5O2/c1-4-20(30-19-8-6-5-7-9-19)22(29)25-16-17-10-12-18(13-11-17)26-23-24-15-14-21(27-23)28(2)3/h5-9,14-15,17-18,20H,4,10-13,16H2,1-3H3,(H,25,29)(H,24,26,27). The van der Waals surface area contributed by atoms with Crippen LogP contribution in [-0.4, -0.2) is 48.7 Å². The zero-order valence-electron chi connectivity index (χ0n) is 18.2. The van der Waals surface area contributed by atoms with Crippen molar-refractivity contribution in [3.63, 3.8) is 0 Å². The number of para-hydroxylation sites is 1. The lowest BCUT2D eigenvalue weighted by Crippen LogP contribution is -2.41. The van der Waals surface area contributed by atoms with E-state index >= 15 is 0 Å². The minimum atomic E-state index is -0.452. The summed E-state index contributed by atoms with van der Waals surface area (Å²) in [6, 6.07) is 11.8. The number of nitrogens with zero attached hydrogens (tertiary/aromatic N) is 3. The summed E-state index contributed by atoms with van der Waals surface area (Å²) in [5.74, 6) is 2.77. The van der Waals surface area contributed by atoms with E-state index < -0.39 is 6.10 Å². The average Bonchev–Trinajstić information content (AvgIpc) is 2.77. The van der Waals surface area contributed by atoms with Gasteiger partial charge >= 0.3 is 0 Å². The van der Waals surface area contributed by atoms with Gasteiger partial charge in [0.05, 0.1) is 0 Å². The van der Waals surface area contributed by atoms with Gasteiger partial charge in [-0.1, -0.05) is 25.1 Å². The quantitative estimate of drug-likeness (QED) is 0.658. The lowest BCUT2D eigenvalue weighted by atomic mass is 9.86. The molecular weight excluding hydrogens is 378 g/mol. The molecule has 1 aromatic heterocycles. The van der Waals surface area contributed by atoms with Crippen molar-refractivity contribution in [2.75, 3.05) is 30.9 Å². The van der Waals surface area contributed by atoms with Crippen LogP contribution >= 0.6 is 0 Å². The van der Waals surface area contributed by atoms with Crippen LogP contribution < -0.4 is 20.3 Å². The van der Waals surface area contributed by atoms with Crippen LogP contribution in [0.2, 0.25) is 0 Å². The highest BCUT2D eigenvalue weighted by atomic mass is 16.5. The molecule has 0 bridgehead atoms. The molecule has 7 heteroatoms. The van der Waals surface area contributed by atoms with Crippen molar-refractivity contribution in [1.82, 2.24) is 15.3 Å². The minimum Gasteiger partial charge on any atom is -0.481 e. The molecule has 1 aromatic carbocycles. The summed E-state index contributed by atoms with van der Waals surface area (Å²) in [5.41, 5.74) is 0. The number of benzene rings is 1. The van der Waals surface area contributed by atoms with E-state index in [0.717, 1.165) is 37.3 Å². The van der Waals surface area contributed by atoms with E-state index in [4.69, 9.17) is 4.74 Å². The molecular formula is C23H33N5O2. The normalized spacial score (nSPS) is 19.6. The number of rotatable bonds is 9. The highest BCUT2D eigenvalue weighted by Crippen LogP contribution is 2.26. The Bertz CT molecular complexity index is 791. The summed E-state index contributed by atoms with van der Waals surface area (Å²) in [4.78, 5) is 23.4. The molecule has 1 aliphatic rings. The Labute approximate surface area is 179 Å². The van der Waals surface area contributed by atoms with Gasteiger partial charge in [0, 0.05) is 32.9 Å². The fraction of sp³-hybridized carbons (Fsp3) is 0.522. The van der Waals surface area contributed by atoms with E-state index in [1.165, 1.54) is 0 Å². The Hall–Kier alpha value is -2.83. The predicted octanol–water partition coefficient (Wildman–Crippen LogP) is 3.49. The average molecular weight is 412 g/mol.